The largest absolute Gasteiger partial charge is 0.494 e. The maximum atomic E-state index is 10.3. The lowest BCUT2D eigenvalue weighted by atomic mass is 10.0. The molecule has 0 aliphatic rings. The van der Waals surface area contributed by atoms with Gasteiger partial charge in [-0.25, -0.2) is 4.98 Å². The number of hydrogen-bond donors (Lipinski definition) is 4. The molecule has 0 fully saturated rings. The number of rotatable bonds is 6. The summed E-state index contributed by atoms with van der Waals surface area (Å²) in [4.78, 5) is 6.28. The summed E-state index contributed by atoms with van der Waals surface area (Å²) < 4.78 is 28.3. The van der Waals surface area contributed by atoms with Gasteiger partial charge in [0.15, 0.2) is 11.3 Å². The molecule has 1 aromatic heterocycles. The van der Waals surface area contributed by atoms with Crippen LogP contribution in [0.25, 0.3) is 38.5 Å². The van der Waals surface area contributed by atoms with Crippen LogP contribution in [-0.2, 0) is 0 Å². The Labute approximate surface area is 227 Å². The smallest absolute Gasteiger partial charge is 0.259 e. The van der Waals surface area contributed by atoms with Gasteiger partial charge in [0.1, 0.15) is 10.4 Å². The number of methoxy groups -OCH3 is 1. The third kappa shape index (κ3) is 3.97. The van der Waals surface area contributed by atoms with Crippen LogP contribution < -0.4 is 20.4 Å². The number of nitrogen functional groups attached to an aromatic ring is 1. The van der Waals surface area contributed by atoms with Crippen molar-refractivity contribution in [3.05, 3.63) is 91.0 Å². The monoisotopic (exact) mass is 539 g/mol. The summed E-state index contributed by atoms with van der Waals surface area (Å²) in [6.07, 6.45) is 0. The Balaban J connectivity index is 1.86. The van der Waals surface area contributed by atoms with Crippen LogP contribution in [0.15, 0.2) is 101 Å². The Morgan fingerprint density at radius 2 is 1.61 bits per heavy atom. The predicted molar refractivity (Wildman–Crippen MR) is 156 cm³/mol. The normalized spacial score (nSPS) is 11.3. The molecule has 7 nitrogen and oxygen atoms in total. The summed E-state index contributed by atoms with van der Waals surface area (Å²) in [5.41, 5.74) is 12.0. The highest BCUT2D eigenvalue weighted by Crippen LogP contribution is 2.41. The Morgan fingerprint density at radius 3 is 2.29 bits per heavy atom. The first-order valence-electron chi connectivity index (χ1n) is 11.8. The lowest BCUT2D eigenvalue weighted by molar-refractivity contribution is -0.539. The molecule has 9 heteroatoms. The van der Waals surface area contributed by atoms with E-state index in [2.05, 4.69) is 5.32 Å². The van der Waals surface area contributed by atoms with E-state index in [9.17, 15) is 9.11 Å². The molecule has 0 saturated carbocycles. The van der Waals surface area contributed by atoms with Crippen LogP contribution in [0, 0.1) is 0 Å². The van der Waals surface area contributed by atoms with Gasteiger partial charge in [-0.15, -0.1) is 4.57 Å². The minimum atomic E-state index is 0.384. The second kappa shape index (κ2) is 10.0. The van der Waals surface area contributed by atoms with Crippen LogP contribution in [0.5, 0.6) is 5.75 Å². The van der Waals surface area contributed by atoms with Crippen molar-refractivity contribution in [2.75, 3.05) is 18.2 Å². The molecular formula is C29H23N4O3S2+. The van der Waals surface area contributed by atoms with Gasteiger partial charge in [0.05, 0.1) is 18.5 Å². The van der Waals surface area contributed by atoms with Crippen LogP contribution in [0.4, 0.5) is 17.1 Å². The first-order valence-corrected chi connectivity index (χ1v) is 13.3. The van der Waals surface area contributed by atoms with Crippen molar-refractivity contribution in [1.29, 1.82) is 0 Å². The minimum Gasteiger partial charge on any atom is -0.494 e. The molecule has 0 amide bonds. The van der Waals surface area contributed by atoms with E-state index < -0.39 is 0 Å². The number of para-hydroxylation sites is 2. The molecule has 0 radical (unpaired) electrons. The van der Waals surface area contributed by atoms with Crippen molar-refractivity contribution in [3.63, 3.8) is 0 Å². The van der Waals surface area contributed by atoms with Gasteiger partial charge in [0, 0.05) is 69.7 Å². The quantitative estimate of drug-likeness (QED) is 0.0575. The third-order valence-electron chi connectivity index (χ3n) is 6.46. The number of nitrogens with zero attached hydrogens (tertiary/aromatic N) is 2. The average molecular weight is 540 g/mol. The standard InChI is InChI=1S/C29H22N4O3S2/c1-36-23-15-20(30)29(38-35)28-27(23)32-26-19-13-8-14-24(37-34)25(19)21(31-17-9-4-2-5-10-17)16-22(26)33(28)18-11-6-3-7-12-18/h2-16H,1H3,(H4,30,31,34,35)/p+1. The summed E-state index contributed by atoms with van der Waals surface area (Å²) in [5.74, 6) is 0.495. The maximum absolute atomic E-state index is 10.3. The zero-order valence-electron chi connectivity index (χ0n) is 20.3. The van der Waals surface area contributed by atoms with Crippen LogP contribution in [0.2, 0.25) is 0 Å². The predicted octanol–water partition coefficient (Wildman–Crippen LogP) is 7.28. The third-order valence-corrected chi connectivity index (χ3v) is 7.61. The topological polar surface area (TPSA) is 105 Å². The van der Waals surface area contributed by atoms with Crippen molar-refractivity contribution >= 4 is 74.0 Å². The lowest BCUT2D eigenvalue weighted by Gasteiger charge is -2.16. The fourth-order valence-electron chi connectivity index (χ4n) is 4.84. The summed E-state index contributed by atoms with van der Waals surface area (Å²) in [6, 6.07) is 29.2. The van der Waals surface area contributed by atoms with E-state index in [1.165, 1.54) is 0 Å². The summed E-state index contributed by atoms with van der Waals surface area (Å²) in [5, 5.41) is 5.23. The summed E-state index contributed by atoms with van der Waals surface area (Å²) in [6.45, 7) is 0. The highest BCUT2D eigenvalue weighted by molar-refractivity contribution is 7.94. The van der Waals surface area contributed by atoms with Gasteiger partial charge < -0.3 is 24.9 Å². The van der Waals surface area contributed by atoms with Gasteiger partial charge >= 0.3 is 0 Å². The number of nitrogens with one attached hydrogen (secondary N) is 1. The van der Waals surface area contributed by atoms with Gasteiger partial charge in [0.25, 0.3) is 5.52 Å². The molecule has 0 atom stereocenters. The highest BCUT2D eigenvalue weighted by Gasteiger charge is 2.29. The molecule has 0 aliphatic heterocycles. The van der Waals surface area contributed by atoms with Crippen molar-refractivity contribution in [2.24, 2.45) is 0 Å². The Morgan fingerprint density at radius 1 is 0.868 bits per heavy atom. The van der Waals surface area contributed by atoms with E-state index in [0.29, 0.717) is 61.9 Å². The van der Waals surface area contributed by atoms with Crippen LogP contribution in [0.1, 0.15) is 0 Å². The van der Waals surface area contributed by atoms with Crippen molar-refractivity contribution in [2.45, 2.75) is 9.79 Å². The van der Waals surface area contributed by atoms with Gasteiger partial charge in [-0.2, -0.15) is 0 Å². The van der Waals surface area contributed by atoms with Gasteiger partial charge in [-0.1, -0.05) is 48.5 Å². The molecule has 38 heavy (non-hydrogen) atoms. The van der Waals surface area contributed by atoms with Crippen molar-refractivity contribution in [1.82, 2.24) is 4.98 Å². The van der Waals surface area contributed by atoms with Crippen molar-refractivity contribution in [3.8, 4) is 11.4 Å². The minimum absolute atomic E-state index is 0.384. The van der Waals surface area contributed by atoms with Gasteiger partial charge in [0.2, 0.25) is 11.2 Å². The zero-order chi connectivity index (χ0) is 26.2. The van der Waals surface area contributed by atoms with E-state index in [4.69, 9.17) is 15.5 Å². The van der Waals surface area contributed by atoms with Crippen LogP contribution in [0.3, 0.4) is 0 Å². The number of benzene rings is 5. The molecule has 6 rings (SSSR count). The molecule has 0 saturated heterocycles. The van der Waals surface area contributed by atoms with E-state index in [1.54, 1.807) is 13.2 Å². The zero-order valence-corrected chi connectivity index (χ0v) is 21.9. The number of fused-ring (bicyclic) bond motifs is 4. The van der Waals surface area contributed by atoms with Crippen LogP contribution in [-0.4, -0.2) is 21.2 Å². The summed E-state index contributed by atoms with van der Waals surface area (Å²) >= 11 is 1.28. The SMILES string of the molecule is COc1cc(N)c(SO)c2c1nc1c3cccc(SO)c3c(Nc3ccccc3)cc1[n+]2-c1ccccc1. The molecule has 188 valence electrons. The van der Waals surface area contributed by atoms with Gasteiger partial charge in [-0.05, 0) is 18.2 Å². The van der Waals surface area contributed by atoms with E-state index in [0.717, 1.165) is 33.4 Å². The Bertz CT molecular complexity index is 1820. The average Bonchev–Trinajstić information content (AvgIpc) is 2.96. The molecule has 5 N–H and O–H groups in total. The summed E-state index contributed by atoms with van der Waals surface area (Å²) in [7, 11) is 1.57. The number of nitrogens with two attached hydrogens (primary N) is 1. The molecule has 0 bridgehead atoms. The second-order valence-corrected chi connectivity index (χ2v) is 9.83. The van der Waals surface area contributed by atoms with E-state index >= 15 is 0 Å². The second-order valence-electron chi connectivity index (χ2n) is 8.62. The highest BCUT2D eigenvalue weighted by atomic mass is 32.2. The Kier molecular flexibility index (Phi) is 6.42. The van der Waals surface area contributed by atoms with E-state index in [1.807, 2.05) is 89.5 Å². The van der Waals surface area contributed by atoms with Gasteiger partial charge in [-0.3, -0.25) is 0 Å². The number of aromatic nitrogens is 2. The Hall–Kier alpha value is -4.02. The molecule has 1 heterocycles. The molecule has 0 spiro atoms. The maximum Gasteiger partial charge on any atom is 0.259 e. The molecule has 5 aromatic carbocycles. The molecule has 0 aliphatic carbocycles. The van der Waals surface area contributed by atoms with E-state index in [-0.39, 0.29) is 0 Å². The first kappa shape index (κ1) is 24.3. The first-order chi connectivity index (χ1) is 18.6. The van der Waals surface area contributed by atoms with Crippen molar-refractivity contribution < 1.29 is 18.4 Å². The number of anilines is 3. The molecule has 0 unspecified atom stereocenters. The molecular weight excluding hydrogens is 516 g/mol. The molecule has 6 aromatic rings. The van der Waals surface area contributed by atoms with Crippen LogP contribution >= 0.6 is 24.1 Å². The fraction of sp³-hybridized carbons (Fsp3) is 0.0345. The number of ether oxygens (including phenoxy) is 1. The lowest BCUT2D eigenvalue weighted by Crippen LogP contribution is -2.34. The fourth-order valence-corrected chi connectivity index (χ4v) is 5.73. The number of hydrogen-bond acceptors (Lipinski definition) is 8.